The van der Waals surface area contributed by atoms with Crippen LogP contribution in [0.5, 0.6) is 0 Å². The Hall–Kier alpha value is -2.12. The van der Waals surface area contributed by atoms with E-state index in [2.05, 4.69) is 101 Å². The minimum absolute atomic E-state index is 0.223. The van der Waals surface area contributed by atoms with Crippen LogP contribution in [0.2, 0.25) is 0 Å². The second-order valence-electron chi connectivity index (χ2n) is 10.5. The minimum atomic E-state index is 0.223. The minimum Gasteiger partial charge on any atom is -0.144 e. The van der Waals surface area contributed by atoms with E-state index in [9.17, 15) is 0 Å². The molecule has 0 amide bonds. The third-order valence-corrected chi connectivity index (χ3v) is 6.68. The summed E-state index contributed by atoms with van der Waals surface area (Å²) < 4.78 is 1.40. The summed E-state index contributed by atoms with van der Waals surface area (Å²) in [6, 6.07) is 22.7. The molecule has 4 rings (SSSR count). The topological polar surface area (TPSA) is 0 Å². The first-order valence-corrected chi connectivity index (χ1v) is 11.5. The molecule has 1 heterocycles. The summed E-state index contributed by atoms with van der Waals surface area (Å²) in [5.41, 5.74) is 4.92. The molecule has 0 saturated heterocycles. The third kappa shape index (κ3) is 4.73. The van der Waals surface area contributed by atoms with Crippen LogP contribution in [0, 0.1) is 10.8 Å². The summed E-state index contributed by atoms with van der Waals surface area (Å²) in [4.78, 5) is 0. The van der Waals surface area contributed by atoms with Crippen molar-refractivity contribution >= 4 is 32.2 Å². The highest BCUT2D eigenvalue weighted by Crippen LogP contribution is 2.34. The lowest BCUT2D eigenvalue weighted by Gasteiger charge is -2.25. The molecule has 0 N–H and O–H groups in total. The van der Waals surface area contributed by atoms with Gasteiger partial charge in [-0.3, -0.25) is 0 Å². The first-order chi connectivity index (χ1) is 13.7. The Morgan fingerprint density at radius 2 is 1.48 bits per heavy atom. The van der Waals surface area contributed by atoms with Gasteiger partial charge in [-0.05, 0) is 74.4 Å². The van der Waals surface area contributed by atoms with Crippen molar-refractivity contribution in [3.05, 3.63) is 82.7 Å². The molecule has 1 heteroatoms. The van der Waals surface area contributed by atoms with Crippen LogP contribution in [0.15, 0.2) is 66.0 Å². The molecule has 29 heavy (non-hydrogen) atoms. The lowest BCUT2D eigenvalue weighted by Crippen LogP contribution is -2.18. The van der Waals surface area contributed by atoms with E-state index >= 15 is 0 Å². The second-order valence-corrected chi connectivity index (χ2v) is 11.4. The Kier molecular flexibility index (Phi) is 5.29. The average Bonchev–Trinajstić information content (AvgIpc) is 3.02. The predicted octanol–water partition coefficient (Wildman–Crippen LogP) is 8.45. The van der Waals surface area contributed by atoms with E-state index in [4.69, 9.17) is 0 Å². The molecule has 0 aliphatic carbocycles. The fourth-order valence-corrected chi connectivity index (χ4v) is 5.50. The SMILES string of the molecule is CC(C)(C)Cc1cccc2cc(CC(C)(C)Cc3csc4ccccc34)ccc12. The zero-order valence-corrected chi connectivity index (χ0v) is 19.2. The first-order valence-electron chi connectivity index (χ1n) is 10.7. The molecule has 0 aliphatic rings. The van der Waals surface area contributed by atoms with Crippen molar-refractivity contribution in [3.63, 3.8) is 0 Å². The van der Waals surface area contributed by atoms with Gasteiger partial charge < -0.3 is 0 Å². The van der Waals surface area contributed by atoms with Crippen molar-refractivity contribution < 1.29 is 0 Å². The second kappa shape index (κ2) is 7.61. The maximum absolute atomic E-state index is 2.41. The molecule has 0 radical (unpaired) electrons. The van der Waals surface area contributed by atoms with Crippen LogP contribution in [0.3, 0.4) is 0 Å². The molecule has 0 atom stereocenters. The summed E-state index contributed by atoms with van der Waals surface area (Å²) >= 11 is 1.87. The maximum Gasteiger partial charge on any atom is 0.0345 e. The lowest BCUT2D eigenvalue weighted by atomic mass is 9.79. The number of thiophene rings is 1. The summed E-state index contributed by atoms with van der Waals surface area (Å²) in [6.07, 6.45) is 3.32. The Bertz CT molecular complexity index is 1140. The van der Waals surface area contributed by atoms with Crippen molar-refractivity contribution in [2.75, 3.05) is 0 Å². The molecule has 0 fully saturated rings. The molecule has 0 unspecified atom stereocenters. The number of hydrogen-bond acceptors (Lipinski definition) is 1. The molecule has 4 aromatic rings. The number of fused-ring (bicyclic) bond motifs is 2. The fourth-order valence-electron chi connectivity index (χ4n) is 4.54. The number of hydrogen-bond donors (Lipinski definition) is 0. The van der Waals surface area contributed by atoms with Crippen LogP contribution >= 0.6 is 11.3 Å². The smallest absolute Gasteiger partial charge is 0.0345 e. The predicted molar refractivity (Wildman–Crippen MR) is 130 cm³/mol. The van der Waals surface area contributed by atoms with Crippen LogP contribution in [0.4, 0.5) is 0 Å². The Morgan fingerprint density at radius 3 is 2.28 bits per heavy atom. The summed E-state index contributed by atoms with van der Waals surface area (Å²) in [7, 11) is 0. The van der Waals surface area contributed by atoms with E-state index in [-0.39, 0.29) is 5.41 Å². The van der Waals surface area contributed by atoms with E-state index in [0.717, 1.165) is 19.3 Å². The molecule has 0 nitrogen and oxygen atoms in total. The lowest BCUT2D eigenvalue weighted by molar-refractivity contribution is 0.362. The van der Waals surface area contributed by atoms with E-state index in [0.29, 0.717) is 5.41 Å². The molecule has 3 aromatic carbocycles. The molecule has 0 spiro atoms. The molecule has 0 aliphatic heterocycles. The van der Waals surface area contributed by atoms with Crippen LogP contribution in [-0.2, 0) is 19.3 Å². The highest BCUT2D eigenvalue weighted by atomic mass is 32.1. The zero-order valence-electron chi connectivity index (χ0n) is 18.4. The van der Waals surface area contributed by atoms with Crippen molar-refractivity contribution in [2.24, 2.45) is 10.8 Å². The third-order valence-electron chi connectivity index (χ3n) is 5.67. The quantitative estimate of drug-likeness (QED) is 0.315. The van der Waals surface area contributed by atoms with E-state index in [1.54, 1.807) is 0 Å². The van der Waals surface area contributed by atoms with Crippen molar-refractivity contribution in [1.29, 1.82) is 0 Å². The van der Waals surface area contributed by atoms with Crippen molar-refractivity contribution in [3.8, 4) is 0 Å². The molecule has 0 saturated carbocycles. The highest BCUT2D eigenvalue weighted by Gasteiger charge is 2.21. The van der Waals surface area contributed by atoms with Gasteiger partial charge in [-0.1, -0.05) is 89.2 Å². The van der Waals surface area contributed by atoms with E-state index < -0.39 is 0 Å². The Labute approximate surface area is 179 Å². The van der Waals surface area contributed by atoms with Gasteiger partial charge in [-0.2, -0.15) is 0 Å². The Balaban J connectivity index is 1.58. The summed E-state index contributed by atoms with van der Waals surface area (Å²) in [5.74, 6) is 0. The largest absolute Gasteiger partial charge is 0.144 e. The van der Waals surface area contributed by atoms with E-state index in [1.165, 1.54) is 37.5 Å². The molecular formula is C28H32S. The summed E-state index contributed by atoms with van der Waals surface area (Å²) in [5, 5.41) is 6.57. The van der Waals surface area contributed by atoms with Crippen molar-refractivity contribution in [2.45, 2.75) is 53.9 Å². The van der Waals surface area contributed by atoms with E-state index in [1.807, 2.05) is 11.3 Å². The van der Waals surface area contributed by atoms with Gasteiger partial charge in [0.1, 0.15) is 0 Å². The van der Waals surface area contributed by atoms with Crippen LogP contribution < -0.4 is 0 Å². The first kappa shape index (κ1) is 20.2. The van der Waals surface area contributed by atoms with Gasteiger partial charge >= 0.3 is 0 Å². The van der Waals surface area contributed by atoms with Crippen LogP contribution in [-0.4, -0.2) is 0 Å². The molecule has 1 aromatic heterocycles. The summed E-state index contributed by atoms with van der Waals surface area (Å²) in [6.45, 7) is 11.8. The average molecular weight is 401 g/mol. The van der Waals surface area contributed by atoms with Gasteiger partial charge in [0.2, 0.25) is 0 Å². The molecular weight excluding hydrogens is 368 g/mol. The van der Waals surface area contributed by atoms with Gasteiger partial charge in [-0.25, -0.2) is 0 Å². The monoisotopic (exact) mass is 400 g/mol. The van der Waals surface area contributed by atoms with Gasteiger partial charge in [-0.15, -0.1) is 11.3 Å². The van der Waals surface area contributed by atoms with Gasteiger partial charge in [0, 0.05) is 4.70 Å². The van der Waals surface area contributed by atoms with Gasteiger partial charge in [0.15, 0.2) is 0 Å². The van der Waals surface area contributed by atoms with Crippen LogP contribution in [0.1, 0.15) is 51.3 Å². The Morgan fingerprint density at radius 1 is 0.690 bits per heavy atom. The molecule has 0 bridgehead atoms. The normalized spacial score (nSPS) is 12.7. The van der Waals surface area contributed by atoms with Gasteiger partial charge in [0.05, 0.1) is 0 Å². The van der Waals surface area contributed by atoms with Crippen LogP contribution in [0.25, 0.3) is 20.9 Å². The van der Waals surface area contributed by atoms with Gasteiger partial charge in [0.25, 0.3) is 0 Å². The fraction of sp³-hybridized carbons (Fsp3) is 0.357. The number of rotatable bonds is 5. The number of benzene rings is 3. The molecule has 150 valence electrons. The zero-order chi connectivity index (χ0) is 20.6. The standard InChI is InChI=1S/C28H32S/c1-27(2,3)17-22-10-8-9-21-15-20(13-14-24(21)22)16-28(4,5)18-23-19-29-26-12-7-6-11-25(23)26/h6-15,19H,16-18H2,1-5H3. The maximum atomic E-state index is 2.41. The van der Waals surface area contributed by atoms with Crippen molar-refractivity contribution in [1.82, 2.24) is 0 Å². The highest BCUT2D eigenvalue weighted by molar-refractivity contribution is 7.17.